The number of fused-ring (bicyclic) bond motifs is 10. The van der Waals surface area contributed by atoms with Crippen LogP contribution in [0.3, 0.4) is 0 Å². The summed E-state index contributed by atoms with van der Waals surface area (Å²) in [5.41, 5.74) is 13.4. The number of aryl methyl sites for hydroxylation is 10. The molecule has 0 fully saturated rings. The summed E-state index contributed by atoms with van der Waals surface area (Å²) in [5.74, 6) is 0. The van der Waals surface area contributed by atoms with Gasteiger partial charge in [-0.1, -0.05) is 247 Å². The highest BCUT2D eigenvalue weighted by Crippen LogP contribution is 2.32. The average Bonchev–Trinajstić information content (AvgIpc) is 3.49. The first-order valence-corrected chi connectivity index (χ1v) is 28.2. The standard InChI is InChI=1S/5C16H14.CH4/c1-11-3-5-13-10-16-8-12(2)4-6-14(16)9-15(13)7-11;1-11-3-5-13-9-14-6-4-12(2)8-16(14)10-15(13)7-11;2*1-11-7-8-16-12(2)15-6-4-3-5-13(15)10-14(16)9-11;1-11-7-8-14-10-13-5-3-4-6-15(13)12(2)16(14)9-11;/h5*3-10H,1-2H3;1H4. The molecule has 0 aliphatic carbocycles. The summed E-state index contributed by atoms with van der Waals surface area (Å²) in [5, 5.41) is 26.8. The van der Waals surface area contributed by atoms with E-state index in [1.54, 1.807) is 0 Å². The number of hydrogen-bond acceptors (Lipinski definition) is 0. The molecule has 15 rings (SSSR count). The monoisotopic (exact) mass is 1050 g/mol. The van der Waals surface area contributed by atoms with Gasteiger partial charge < -0.3 is 0 Å². The van der Waals surface area contributed by atoms with Crippen molar-refractivity contribution in [1.29, 1.82) is 0 Å². The first kappa shape index (κ1) is 55.2. The molecule has 0 aliphatic heterocycles. The van der Waals surface area contributed by atoms with E-state index in [0.29, 0.717) is 0 Å². The fourth-order valence-electron chi connectivity index (χ4n) is 11.7. The highest BCUT2D eigenvalue weighted by atomic mass is 14.1. The van der Waals surface area contributed by atoms with Gasteiger partial charge in [0.05, 0.1) is 0 Å². The molecule has 0 saturated carbocycles. The van der Waals surface area contributed by atoms with Gasteiger partial charge >= 0.3 is 0 Å². The van der Waals surface area contributed by atoms with E-state index < -0.39 is 0 Å². The third-order valence-corrected chi connectivity index (χ3v) is 16.1. The molecule has 0 aromatic heterocycles. The molecular weight excluding hydrogens is 973 g/mol. The van der Waals surface area contributed by atoms with Crippen molar-refractivity contribution in [3.63, 3.8) is 0 Å². The third kappa shape index (κ3) is 12.1. The molecule has 15 aromatic rings. The molecule has 0 amide bonds. The van der Waals surface area contributed by atoms with E-state index in [1.807, 2.05) is 0 Å². The molecule has 0 saturated heterocycles. The Balaban J connectivity index is 0.000000113. The summed E-state index contributed by atoms with van der Waals surface area (Å²) in [4.78, 5) is 0. The fraction of sp³-hybridized carbons (Fsp3) is 0.136. The van der Waals surface area contributed by atoms with Gasteiger partial charge in [0, 0.05) is 0 Å². The zero-order valence-electron chi connectivity index (χ0n) is 48.1. The zero-order valence-corrected chi connectivity index (χ0v) is 48.1. The SMILES string of the molecule is C.Cc1ccc2c(C)c3ccccc3cc2c1.Cc1ccc2c(C)c3ccccc3cc2c1.Cc1ccc2cc3cc(C)ccc3cc2c1.Cc1ccc2cc3ccc(C)cc3cc2c1.Cc1ccc2cc3ccccc3c(C)c2c1. The summed E-state index contributed by atoms with van der Waals surface area (Å²) < 4.78 is 0. The molecule has 0 heteroatoms. The van der Waals surface area contributed by atoms with Crippen LogP contribution in [0.2, 0.25) is 0 Å². The molecule has 0 radical (unpaired) electrons. The summed E-state index contributed by atoms with van der Waals surface area (Å²) >= 11 is 0. The predicted octanol–water partition coefficient (Wildman–Crippen LogP) is 23.7. The van der Waals surface area contributed by atoms with Gasteiger partial charge in [0.1, 0.15) is 0 Å². The van der Waals surface area contributed by atoms with Crippen LogP contribution in [0.5, 0.6) is 0 Å². The zero-order chi connectivity index (χ0) is 55.6. The lowest BCUT2D eigenvalue weighted by Gasteiger charge is -2.08. The maximum absolute atomic E-state index is 2.28. The molecule has 0 aliphatic rings. The lowest BCUT2D eigenvalue weighted by atomic mass is 9.97. The lowest BCUT2D eigenvalue weighted by Crippen LogP contribution is -1.83. The fourth-order valence-corrected chi connectivity index (χ4v) is 11.7. The van der Waals surface area contributed by atoms with Gasteiger partial charge in [0.25, 0.3) is 0 Å². The Morgan fingerprint density at radius 2 is 0.358 bits per heavy atom. The number of rotatable bonds is 0. The Kier molecular flexibility index (Phi) is 16.2. The Morgan fingerprint density at radius 3 is 0.716 bits per heavy atom. The largest absolute Gasteiger partial charge is 0.0776 e. The Hall–Kier alpha value is -9.10. The van der Waals surface area contributed by atoms with Crippen molar-refractivity contribution in [2.45, 2.75) is 76.7 Å². The summed E-state index contributed by atoms with van der Waals surface area (Å²) in [6.45, 7) is 21.6. The van der Waals surface area contributed by atoms with Crippen molar-refractivity contribution in [2.24, 2.45) is 0 Å². The maximum atomic E-state index is 2.28. The van der Waals surface area contributed by atoms with Crippen LogP contribution in [0.25, 0.3) is 108 Å². The van der Waals surface area contributed by atoms with E-state index in [9.17, 15) is 0 Å². The van der Waals surface area contributed by atoms with Crippen molar-refractivity contribution >= 4 is 108 Å². The minimum absolute atomic E-state index is 0. The number of benzene rings is 15. The van der Waals surface area contributed by atoms with Gasteiger partial charge in [0.2, 0.25) is 0 Å². The number of hydrogen-bond donors (Lipinski definition) is 0. The summed E-state index contributed by atoms with van der Waals surface area (Å²) in [7, 11) is 0. The van der Waals surface area contributed by atoms with Crippen LogP contribution in [0, 0.1) is 69.2 Å². The molecule has 0 N–H and O–H groups in total. The lowest BCUT2D eigenvalue weighted by molar-refractivity contribution is 1.49. The van der Waals surface area contributed by atoms with Crippen LogP contribution in [0.4, 0.5) is 0 Å². The Bertz CT molecular complexity index is 4570. The van der Waals surface area contributed by atoms with Crippen LogP contribution in [0.1, 0.15) is 63.1 Å². The van der Waals surface area contributed by atoms with Crippen molar-refractivity contribution in [3.8, 4) is 0 Å². The van der Waals surface area contributed by atoms with E-state index in [1.165, 1.54) is 163 Å². The second kappa shape index (κ2) is 23.7. The van der Waals surface area contributed by atoms with Crippen molar-refractivity contribution in [3.05, 3.63) is 298 Å². The second-order valence-corrected chi connectivity index (χ2v) is 22.4. The van der Waals surface area contributed by atoms with E-state index in [4.69, 9.17) is 0 Å². The molecule has 0 unspecified atom stereocenters. The van der Waals surface area contributed by atoms with Crippen LogP contribution in [-0.4, -0.2) is 0 Å². The first-order valence-electron chi connectivity index (χ1n) is 28.2. The Labute approximate surface area is 480 Å². The van der Waals surface area contributed by atoms with Gasteiger partial charge in [-0.15, -0.1) is 0 Å². The normalized spacial score (nSPS) is 11.0. The highest BCUT2D eigenvalue weighted by Gasteiger charge is 2.07. The minimum Gasteiger partial charge on any atom is -0.0776 e. The van der Waals surface area contributed by atoms with Crippen LogP contribution in [0.15, 0.2) is 243 Å². The molecule has 15 aromatic carbocycles. The molecular formula is C81H74. The van der Waals surface area contributed by atoms with Crippen molar-refractivity contribution < 1.29 is 0 Å². The first-order chi connectivity index (χ1) is 38.7. The molecule has 0 nitrogen and oxygen atoms in total. The van der Waals surface area contributed by atoms with Crippen molar-refractivity contribution in [2.75, 3.05) is 0 Å². The smallest absolute Gasteiger partial charge is 0.0146 e. The predicted molar refractivity (Wildman–Crippen MR) is 361 cm³/mol. The van der Waals surface area contributed by atoms with Gasteiger partial charge in [-0.2, -0.15) is 0 Å². The average molecular weight is 1050 g/mol. The molecule has 81 heavy (non-hydrogen) atoms. The second-order valence-electron chi connectivity index (χ2n) is 22.4. The van der Waals surface area contributed by atoms with Crippen LogP contribution in [-0.2, 0) is 0 Å². The van der Waals surface area contributed by atoms with Gasteiger partial charge in [-0.3, -0.25) is 0 Å². The third-order valence-electron chi connectivity index (χ3n) is 16.1. The van der Waals surface area contributed by atoms with Crippen LogP contribution < -0.4 is 0 Å². The minimum atomic E-state index is 0. The maximum Gasteiger partial charge on any atom is -0.0146 e. The molecule has 0 spiro atoms. The topological polar surface area (TPSA) is 0 Å². The quantitative estimate of drug-likeness (QED) is 0.133. The van der Waals surface area contributed by atoms with E-state index in [2.05, 4.69) is 312 Å². The molecule has 398 valence electrons. The van der Waals surface area contributed by atoms with Gasteiger partial charge in [-0.05, 0) is 236 Å². The van der Waals surface area contributed by atoms with Gasteiger partial charge in [-0.25, -0.2) is 0 Å². The summed E-state index contributed by atoms with van der Waals surface area (Å²) in [6.07, 6.45) is 0. The molecule has 0 bridgehead atoms. The van der Waals surface area contributed by atoms with E-state index >= 15 is 0 Å². The van der Waals surface area contributed by atoms with E-state index in [0.717, 1.165) is 0 Å². The Morgan fingerprint density at radius 1 is 0.148 bits per heavy atom. The molecule has 0 heterocycles. The van der Waals surface area contributed by atoms with Crippen LogP contribution >= 0.6 is 0 Å². The van der Waals surface area contributed by atoms with Gasteiger partial charge in [0.15, 0.2) is 0 Å². The van der Waals surface area contributed by atoms with E-state index in [-0.39, 0.29) is 7.43 Å². The summed E-state index contributed by atoms with van der Waals surface area (Å²) in [6, 6.07) is 88.2. The van der Waals surface area contributed by atoms with Crippen molar-refractivity contribution in [1.82, 2.24) is 0 Å². The molecule has 0 atom stereocenters. The highest BCUT2D eigenvalue weighted by molar-refractivity contribution is 6.05.